The van der Waals surface area contributed by atoms with Crippen molar-refractivity contribution in [2.75, 3.05) is 16.0 Å². The normalized spacial score (nSPS) is 15.5. The van der Waals surface area contributed by atoms with E-state index in [9.17, 15) is 9.18 Å². The first kappa shape index (κ1) is 21.0. The van der Waals surface area contributed by atoms with E-state index in [1.165, 1.54) is 23.0 Å². The summed E-state index contributed by atoms with van der Waals surface area (Å²) in [4.78, 5) is 20.9. The number of nitrogens with zero attached hydrogens (tertiary/aromatic N) is 4. The smallest absolute Gasteiger partial charge is 0.276 e. The van der Waals surface area contributed by atoms with Crippen LogP contribution in [0.5, 0.6) is 0 Å². The lowest BCUT2D eigenvalue weighted by Crippen LogP contribution is -2.23. The molecule has 10 heteroatoms. The number of nitrogens with two attached hydrogens (primary N) is 1. The number of anilines is 3. The van der Waals surface area contributed by atoms with Gasteiger partial charge in [0.2, 0.25) is 0 Å². The van der Waals surface area contributed by atoms with E-state index in [4.69, 9.17) is 5.73 Å². The molecule has 31 heavy (non-hydrogen) atoms. The summed E-state index contributed by atoms with van der Waals surface area (Å²) in [5, 5.41) is 14.0. The van der Waals surface area contributed by atoms with E-state index in [1.807, 2.05) is 13.0 Å². The maximum atomic E-state index is 13.9. The molecule has 1 aliphatic carbocycles. The SMILES string of the molecule is C[C@@H](N)CC[C@H](C)Nc1cc(NC2CC2)c2ncc(C(=O)Nc3ccncc3F)n2n1. The van der Waals surface area contributed by atoms with Crippen LogP contribution in [0, 0.1) is 5.82 Å². The molecule has 9 nitrogen and oxygen atoms in total. The van der Waals surface area contributed by atoms with Crippen molar-refractivity contribution in [3.8, 4) is 0 Å². The summed E-state index contributed by atoms with van der Waals surface area (Å²) in [6.45, 7) is 4.05. The minimum absolute atomic E-state index is 0.0464. The zero-order valence-electron chi connectivity index (χ0n) is 17.6. The third-order valence-corrected chi connectivity index (χ3v) is 5.11. The first-order valence-corrected chi connectivity index (χ1v) is 10.5. The molecule has 1 aliphatic rings. The number of rotatable bonds is 9. The molecule has 1 saturated carbocycles. The Morgan fingerprint density at radius 1 is 1.29 bits per heavy atom. The predicted octanol–water partition coefficient (Wildman–Crippen LogP) is 3.02. The zero-order valence-corrected chi connectivity index (χ0v) is 17.6. The Morgan fingerprint density at radius 3 is 2.81 bits per heavy atom. The Balaban J connectivity index is 1.63. The summed E-state index contributed by atoms with van der Waals surface area (Å²) in [5.41, 5.74) is 7.46. The molecule has 5 N–H and O–H groups in total. The van der Waals surface area contributed by atoms with Gasteiger partial charge in [-0.25, -0.2) is 13.9 Å². The molecule has 0 aromatic carbocycles. The third kappa shape index (κ3) is 5.08. The van der Waals surface area contributed by atoms with E-state index in [-0.39, 0.29) is 23.5 Å². The highest BCUT2D eigenvalue weighted by Gasteiger charge is 2.24. The van der Waals surface area contributed by atoms with Crippen LogP contribution in [-0.2, 0) is 0 Å². The fraction of sp³-hybridized carbons (Fsp3) is 0.429. The molecular formula is C21H27FN8O. The Morgan fingerprint density at radius 2 is 2.10 bits per heavy atom. The summed E-state index contributed by atoms with van der Waals surface area (Å²) in [6.07, 6.45) is 7.87. The Kier molecular flexibility index (Phi) is 5.99. The summed E-state index contributed by atoms with van der Waals surface area (Å²) >= 11 is 0. The highest BCUT2D eigenvalue weighted by Crippen LogP contribution is 2.29. The van der Waals surface area contributed by atoms with Crippen LogP contribution in [0.3, 0.4) is 0 Å². The molecule has 1 amide bonds. The summed E-state index contributed by atoms with van der Waals surface area (Å²) < 4.78 is 15.4. The van der Waals surface area contributed by atoms with Crippen molar-refractivity contribution in [1.29, 1.82) is 0 Å². The topological polar surface area (TPSA) is 122 Å². The lowest BCUT2D eigenvalue weighted by Gasteiger charge is -2.17. The minimum Gasteiger partial charge on any atom is -0.379 e. The van der Waals surface area contributed by atoms with Crippen molar-refractivity contribution in [3.63, 3.8) is 0 Å². The van der Waals surface area contributed by atoms with E-state index in [1.54, 1.807) is 0 Å². The van der Waals surface area contributed by atoms with Gasteiger partial charge < -0.3 is 21.7 Å². The van der Waals surface area contributed by atoms with E-state index in [2.05, 4.69) is 37.9 Å². The van der Waals surface area contributed by atoms with Crippen molar-refractivity contribution in [1.82, 2.24) is 19.6 Å². The largest absolute Gasteiger partial charge is 0.379 e. The Bertz CT molecular complexity index is 1080. The van der Waals surface area contributed by atoms with Gasteiger partial charge in [-0.1, -0.05) is 0 Å². The lowest BCUT2D eigenvalue weighted by molar-refractivity contribution is 0.102. The molecule has 0 spiro atoms. The van der Waals surface area contributed by atoms with Crippen molar-refractivity contribution >= 4 is 28.7 Å². The molecule has 164 valence electrons. The standard InChI is InChI=1S/C21H27FN8O/c1-12(23)3-4-13(2)26-19-9-17(27-14-5-6-14)20-25-11-18(30(20)29-19)21(31)28-16-7-8-24-10-15(16)22/h7-14,27H,3-6,23H2,1-2H3,(H,26,29)(H,24,28,31)/t12-,13+/m1/s1. The van der Waals surface area contributed by atoms with Gasteiger partial charge in [0, 0.05) is 30.4 Å². The van der Waals surface area contributed by atoms with Crippen LogP contribution in [0.2, 0.25) is 0 Å². The number of fused-ring (bicyclic) bond motifs is 1. The van der Waals surface area contributed by atoms with E-state index < -0.39 is 11.7 Å². The number of carbonyl (C=O) groups excluding carboxylic acids is 1. The van der Waals surface area contributed by atoms with Crippen LogP contribution >= 0.6 is 0 Å². The number of pyridine rings is 1. The highest BCUT2D eigenvalue weighted by atomic mass is 19.1. The average molecular weight is 427 g/mol. The first-order valence-electron chi connectivity index (χ1n) is 10.5. The predicted molar refractivity (Wildman–Crippen MR) is 118 cm³/mol. The second-order valence-electron chi connectivity index (χ2n) is 8.15. The van der Waals surface area contributed by atoms with Crippen molar-refractivity contribution in [2.45, 2.75) is 57.7 Å². The number of hydrogen-bond acceptors (Lipinski definition) is 7. The van der Waals surface area contributed by atoms with Crippen LogP contribution in [0.1, 0.15) is 50.0 Å². The van der Waals surface area contributed by atoms with Crippen molar-refractivity contribution in [2.24, 2.45) is 5.73 Å². The van der Waals surface area contributed by atoms with Gasteiger partial charge in [0.05, 0.1) is 23.8 Å². The van der Waals surface area contributed by atoms with Crippen LogP contribution in [0.15, 0.2) is 30.7 Å². The molecule has 3 heterocycles. The molecule has 1 fully saturated rings. The second-order valence-corrected chi connectivity index (χ2v) is 8.15. The van der Waals surface area contributed by atoms with E-state index in [0.717, 1.165) is 37.6 Å². The van der Waals surface area contributed by atoms with Gasteiger partial charge in [0.15, 0.2) is 17.2 Å². The molecule has 0 aliphatic heterocycles. The Hall–Kier alpha value is -3.27. The molecule has 3 aromatic rings. The van der Waals surface area contributed by atoms with Crippen molar-refractivity contribution < 1.29 is 9.18 Å². The van der Waals surface area contributed by atoms with Gasteiger partial charge in [-0.15, -0.1) is 5.10 Å². The number of carbonyl (C=O) groups is 1. The second kappa shape index (κ2) is 8.84. The average Bonchev–Trinajstić information content (AvgIpc) is 3.43. The molecule has 3 aromatic heterocycles. The van der Waals surface area contributed by atoms with Crippen LogP contribution in [0.25, 0.3) is 5.65 Å². The van der Waals surface area contributed by atoms with E-state index >= 15 is 0 Å². The molecule has 4 rings (SSSR count). The van der Waals surface area contributed by atoms with Crippen LogP contribution < -0.4 is 21.7 Å². The lowest BCUT2D eigenvalue weighted by atomic mass is 10.1. The first-order chi connectivity index (χ1) is 14.9. The summed E-state index contributed by atoms with van der Waals surface area (Å²) in [7, 11) is 0. The molecule has 2 atom stereocenters. The number of imidazole rings is 1. The fourth-order valence-electron chi connectivity index (χ4n) is 3.25. The van der Waals surface area contributed by atoms with E-state index in [0.29, 0.717) is 17.5 Å². The number of hydrogen-bond donors (Lipinski definition) is 4. The summed E-state index contributed by atoms with van der Waals surface area (Å²) in [6, 6.07) is 3.99. The van der Waals surface area contributed by atoms with Crippen LogP contribution in [-0.4, -0.2) is 43.6 Å². The quantitative estimate of drug-likeness (QED) is 0.415. The molecule has 0 radical (unpaired) electrons. The molecular weight excluding hydrogens is 399 g/mol. The van der Waals surface area contributed by atoms with Gasteiger partial charge in [0.1, 0.15) is 5.82 Å². The maximum Gasteiger partial charge on any atom is 0.276 e. The van der Waals surface area contributed by atoms with Gasteiger partial charge in [-0.05, 0) is 45.6 Å². The van der Waals surface area contributed by atoms with Crippen molar-refractivity contribution in [3.05, 3.63) is 42.2 Å². The maximum absolute atomic E-state index is 13.9. The van der Waals surface area contributed by atoms with Crippen LogP contribution in [0.4, 0.5) is 21.6 Å². The zero-order chi connectivity index (χ0) is 22.0. The number of nitrogens with one attached hydrogen (secondary N) is 3. The van der Waals surface area contributed by atoms with Gasteiger partial charge in [-0.2, -0.15) is 0 Å². The molecule has 0 saturated heterocycles. The number of halogens is 1. The molecule has 0 unspecified atom stereocenters. The van der Waals surface area contributed by atoms with Gasteiger partial charge in [0.25, 0.3) is 5.91 Å². The molecule has 0 bridgehead atoms. The third-order valence-electron chi connectivity index (χ3n) is 5.11. The fourth-order valence-corrected chi connectivity index (χ4v) is 3.25. The van der Waals surface area contributed by atoms with Gasteiger partial charge in [-0.3, -0.25) is 9.78 Å². The number of amides is 1. The summed E-state index contributed by atoms with van der Waals surface area (Å²) in [5.74, 6) is -0.501. The Labute approximate surface area is 179 Å². The number of aromatic nitrogens is 4. The monoisotopic (exact) mass is 426 g/mol. The van der Waals surface area contributed by atoms with Gasteiger partial charge >= 0.3 is 0 Å². The minimum atomic E-state index is -0.612. The highest BCUT2D eigenvalue weighted by molar-refractivity contribution is 6.03.